The number of hydrogen-bond acceptors (Lipinski definition) is 3. The molecule has 1 fully saturated rings. The Hall–Kier alpha value is -2.06. The lowest BCUT2D eigenvalue weighted by Gasteiger charge is -2.33. The minimum absolute atomic E-state index is 0.0907. The number of amides is 2. The fourth-order valence-electron chi connectivity index (χ4n) is 3.63. The molecule has 1 N–H and O–H groups in total. The van der Waals surface area contributed by atoms with Crippen LogP contribution in [0.5, 0.6) is 0 Å². The van der Waals surface area contributed by atoms with Gasteiger partial charge in [-0.2, -0.15) is 13.2 Å². The molecule has 3 rings (SSSR count). The molecule has 1 heterocycles. The van der Waals surface area contributed by atoms with Crippen LogP contribution in [0.4, 0.5) is 13.2 Å². The lowest BCUT2D eigenvalue weighted by Crippen LogP contribution is -2.49. The van der Waals surface area contributed by atoms with Gasteiger partial charge in [0.1, 0.15) is 6.04 Å². The van der Waals surface area contributed by atoms with E-state index >= 15 is 0 Å². The summed E-state index contributed by atoms with van der Waals surface area (Å²) in [6.07, 6.45) is -0.529. The van der Waals surface area contributed by atoms with Gasteiger partial charge >= 0.3 is 12.1 Å². The second-order valence-corrected chi connectivity index (χ2v) is 8.73. The minimum Gasteiger partial charge on any atom is -0.351 e. The Kier molecular flexibility index (Phi) is 7.41. The quantitative estimate of drug-likeness (QED) is 0.623. The molecule has 0 saturated heterocycles. The van der Waals surface area contributed by atoms with Crippen LogP contribution in [0.3, 0.4) is 0 Å². The van der Waals surface area contributed by atoms with Crippen LogP contribution < -0.4 is 5.32 Å². The third-order valence-corrected chi connectivity index (χ3v) is 6.27. The van der Waals surface area contributed by atoms with E-state index in [1.165, 1.54) is 12.1 Å². The van der Waals surface area contributed by atoms with Crippen LogP contribution in [0.25, 0.3) is 0 Å². The Bertz CT molecular complexity index is 850. The molecule has 4 nitrogen and oxygen atoms in total. The number of thiophene rings is 1. The van der Waals surface area contributed by atoms with E-state index < -0.39 is 24.0 Å². The van der Waals surface area contributed by atoms with Crippen molar-refractivity contribution in [1.82, 2.24) is 10.2 Å². The fraction of sp³-hybridized carbons (Fsp3) is 0.429. The third kappa shape index (κ3) is 5.76. The maximum absolute atomic E-state index is 13.4. The van der Waals surface area contributed by atoms with Gasteiger partial charge < -0.3 is 10.2 Å². The molecule has 0 spiro atoms. The highest BCUT2D eigenvalue weighted by molar-refractivity contribution is 7.10. The molecule has 1 atom stereocenters. The summed E-state index contributed by atoms with van der Waals surface area (Å²) in [6, 6.07) is 7.94. The van der Waals surface area contributed by atoms with Crippen molar-refractivity contribution < 1.29 is 22.8 Å². The highest BCUT2D eigenvalue weighted by atomic mass is 35.5. The van der Waals surface area contributed by atoms with Gasteiger partial charge in [0.15, 0.2) is 0 Å². The number of alkyl halides is 3. The lowest BCUT2D eigenvalue weighted by molar-refractivity contribution is -0.189. The molecule has 30 heavy (non-hydrogen) atoms. The van der Waals surface area contributed by atoms with Crippen molar-refractivity contribution in [2.24, 2.45) is 0 Å². The monoisotopic (exact) mass is 458 g/mol. The van der Waals surface area contributed by atoms with Gasteiger partial charge in [-0.25, -0.2) is 0 Å². The molecule has 0 aliphatic heterocycles. The van der Waals surface area contributed by atoms with Gasteiger partial charge in [0.25, 0.3) is 0 Å². The molecule has 2 amide bonds. The van der Waals surface area contributed by atoms with E-state index in [9.17, 15) is 22.8 Å². The fourth-order valence-corrected chi connectivity index (χ4v) is 4.59. The summed E-state index contributed by atoms with van der Waals surface area (Å²) in [4.78, 5) is 26.5. The van der Waals surface area contributed by atoms with Crippen molar-refractivity contribution in [3.63, 3.8) is 0 Å². The first kappa shape index (κ1) is 22.6. The summed E-state index contributed by atoms with van der Waals surface area (Å²) >= 11 is 7.01. The molecule has 162 valence electrons. The SMILES string of the molecule is O=C(NC1CCCCC1)[C@@H](c1cccs1)N(Cc1ccc(Cl)cc1)C(=O)C(F)(F)F. The van der Waals surface area contributed by atoms with Crippen LogP contribution in [0, 0.1) is 0 Å². The maximum Gasteiger partial charge on any atom is 0.471 e. The number of carbonyl (C=O) groups is 2. The zero-order chi connectivity index (χ0) is 21.7. The van der Waals surface area contributed by atoms with E-state index in [0.717, 1.165) is 43.4 Å². The van der Waals surface area contributed by atoms with E-state index in [1.807, 2.05) is 0 Å². The van der Waals surface area contributed by atoms with E-state index in [-0.39, 0.29) is 12.6 Å². The topological polar surface area (TPSA) is 49.4 Å². The highest BCUT2D eigenvalue weighted by Gasteiger charge is 2.47. The molecule has 1 aliphatic rings. The van der Waals surface area contributed by atoms with Crippen molar-refractivity contribution in [3.05, 3.63) is 57.2 Å². The second-order valence-electron chi connectivity index (χ2n) is 7.32. The van der Waals surface area contributed by atoms with Gasteiger partial charge in [0.05, 0.1) is 0 Å². The van der Waals surface area contributed by atoms with Crippen molar-refractivity contribution in [2.75, 3.05) is 0 Å². The van der Waals surface area contributed by atoms with Crippen molar-refractivity contribution in [1.29, 1.82) is 0 Å². The Labute approximate surface area is 182 Å². The molecule has 0 radical (unpaired) electrons. The number of halogens is 4. The second kappa shape index (κ2) is 9.83. The zero-order valence-corrected chi connectivity index (χ0v) is 17.7. The normalized spacial score (nSPS) is 16.1. The predicted octanol–water partition coefficient (Wildman–Crippen LogP) is 5.48. The van der Waals surface area contributed by atoms with Crippen molar-refractivity contribution >= 4 is 34.8 Å². The number of nitrogens with one attached hydrogen (secondary N) is 1. The van der Waals surface area contributed by atoms with Gasteiger partial charge in [-0.15, -0.1) is 11.3 Å². The number of rotatable bonds is 6. The van der Waals surface area contributed by atoms with Crippen LogP contribution in [0.15, 0.2) is 41.8 Å². The van der Waals surface area contributed by atoms with E-state index in [1.54, 1.807) is 29.6 Å². The summed E-state index contributed by atoms with van der Waals surface area (Å²) < 4.78 is 40.3. The lowest BCUT2D eigenvalue weighted by atomic mass is 9.95. The van der Waals surface area contributed by atoms with Crippen LogP contribution in [0.2, 0.25) is 5.02 Å². The Morgan fingerprint density at radius 1 is 1.13 bits per heavy atom. The number of hydrogen-bond donors (Lipinski definition) is 1. The van der Waals surface area contributed by atoms with Gasteiger partial charge in [0, 0.05) is 22.5 Å². The van der Waals surface area contributed by atoms with Crippen molar-refractivity contribution in [2.45, 2.75) is 56.9 Å². The van der Waals surface area contributed by atoms with Gasteiger partial charge in [-0.1, -0.05) is 49.1 Å². The zero-order valence-electron chi connectivity index (χ0n) is 16.1. The molecule has 9 heteroatoms. The first-order chi connectivity index (χ1) is 14.3. The average molecular weight is 459 g/mol. The number of benzene rings is 1. The molecule has 1 saturated carbocycles. The van der Waals surface area contributed by atoms with Crippen LogP contribution in [0.1, 0.15) is 48.6 Å². The highest BCUT2D eigenvalue weighted by Crippen LogP contribution is 2.32. The summed E-state index contributed by atoms with van der Waals surface area (Å²) in [5.74, 6) is -2.63. The van der Waals surface area contributed by atoms with Gasteiger partial charge in [-0.05, 0) is 42.0 Å². The van der Waals surface area contributed by atoms with E-state index in [0.29, 0.717) is 20.4 Å². The van der Waals surface area contributed by atoms with E-state index in [4.69, 9.17) is 11.6 Å². The molecule has 2 aromatic rings. The predicted molar refractivity (Wildman–Crippen MR) is 110 cm³/mol. The Morgan fingerprint density at radius 2 is 1.80 bits per heavy atom. The molecule has 0 bridgehead atoms. The smallest absolute Gasteiger partial charge is 0.351 e. The Balaban J connectivity index is 1.94. The average Bonchev–Trinajstić information content (AvgIpc) is 3.23. The summed E-state index contributed by atoms with van der Waals surface area (Å²) in [5, 5.41) is 4.98. The molecular formula is C21H22ClF3N2O2S. The van der Waals surface area contributed by atoms with Gasteiger partial charge in [0.2, 0.25) is 5.91 Å². The minimum atomic E-state index is -5.10. The summed E-state index contributed by atoms with van der Waals surface area (Å²) in [7, 11) is 0. The first-order valence-corrected chi connectivity index (χ1v) is 11.0. The molecule has 1 aliphatic carbocycles. The van der Waals surface area contributed by atoms with Crippen LogP contribution in [-0.4, -0.2) is 28.9 Å². The third-order valence-electron chi connectivity index (χ3n) is 5.09. The Morgan fingerprint density at radius 3 is 2.37 bits per heavy atom. The van der Waals surface area contributed by atoms with Gasteiger partial charge in [-0.3, -0.25) is 9.59 Å². The summed E-state index contributed by atoms with van der Waals surface area (Å²) in [5.41, 5.74) is 0.448. The van der Waals surface area contributed by atoms with Crippen LogP contribution in [-0.2, 0) is 16.1 Å². The number of nitrogens with zero attached hydrogens (tertiary/aromatic N) is 1. The molecule has 0 unspecified atom stereocenters. The number of carbonyl (C=O) groups excluding carboxylic acids is 2. The van der Waals surface area contributed by atoms with Crippen molar-refractivity contribution in [3.8, 4) is 0 Å². The first-order valence-electron chi connectivity index (χ1n) is 9.71. The molecule has 1 aromatic carbocycles. The van der Waals surface area contributed by atoms with Crippen LogP contribution >= 0.6 is 22.9 Å². The standard InChI is InChI=1S/C21H22ClF3N2O2S/c22-15-10-8-14(9-11-15)13-27(20(29)21(23,24)25)18(17-7-4-12-30-17)19(28)26-16-5-2-1-3-6-16/h4,7-12,16,18H,1-3,5-6,13H2,(H,26,28)/t18-/m1/s1. The maximum atomic E-state index is 13.4. The largest absolute Gasteiger partial charge is 0.471 e. The summed E-state index contributed by atoms with van der Waals surface area (Å²) in [6.45, 7) is -0.365. The molecular weight excluding hydrogens is 437 g/mol. The molecule has 1 aromatic heterocycles. The van der Waals surface area contributed by atoms with E-state index in [2.05, 4.69) is 5.32 Å².